The number of aromatic nitrogens is 1. The first-order valence-corrected chi connectivity index (χ1v) is 5.98. The van der Waals surface area contributed by atoms with Crippen molar-refractivity contribution in [1.29, 1.82) is 0 Å². The Labute approximate surface area is 113 Å². The number of hydrogen-bond donors (Lipinski definition) is 0. The number of nitrogens with zero attached hydrogens (tertiary/aromatic N) is 1. The molecule has 0 spiro atoms. The summed E-state index contributed by atoms with van der Waals surface area (Å²) in [5.74, 6) is -1.19. The Kier molecular flexibility index (Phi) is 4.27. The molecule has 0 saturated heterocycles. The van der Waals surface area contributed by atoms with Crippen molar-refractivity contribution in [2.75, 3.05) is 6.61 Å². The highest BCUT2D eigenvalue weighted by Crippen LogP contribution is 2.18. The standard InChI is InChI=1S/C13H11BF4NO/c15-12-4-3-11(14(16,17)18)8-13(12)20-7-5-10-2-1-6-19-9-10/h1-4,6,8-9H,5,7H2/q-1. The summed E-state index contributed by atoms with van der Waals surface area (Å²) in [6, 6.07) is 5.72. The van der Waals surface area contributed by atoms with Crippen LogP contribution in [0.1, 0.15) is 5.56 Å². The van der Waals surface area contributed by atoms with Gasteiger partial charge in [-0.2, -0.15) is 0 Å². The largest absolute Gasteiger partial charge is 0.509 e. The number of rotatable bonds is 5. The van der Waals surface area contributed by atoms with Gasteiger partial charge in [-0.3, -0.25) is 4.98 Å². The highest BCUT2D eigenvalue weighted by Gasteiger charge is 2.26. The lowest BCUT2D eigenvalue weighted by molar-refractivity contribution is 0.305. The minimum atomic E-state index is -5.16. The van der Waals surface area contributed by atoms with Gasteiger partial charge in [0.2, 0.25) is 0 Å². The Hall–Kier alpha value is -2.05. The maximum atomic E-state index is 13.4. The third-order valence-electron chi connectivity index (χ3n) is 2.70. The average Bonchev–Trinajstić information content (AvgIpc) is 2.41. The van der Waals surface area contributed by atoms with E-state index in [4.69, 9.17) is 4.74 Å². The van der Waals surface area contributed by atoms with Gasteiger partial charge in [0.1, 0.15) is 0 Å². The first-order valence-electron chi connectivity index (χ1n) is 5.98. The average molecular weight is 284 g/mol. The van der Waals surface area contributed by atoms with Gasteiger partial charge in [0.15, 0.2) is 11.6 Å². The summed E-state index contributed by atoms with van der Waals surface area (Å²) in [4.78, 5) is 3.90. The van der Waals surface area contributed by atoms with Crippen molar-refractivity contribution in [3.63, 3.8) is 0 Å². The van der Waals surface area contributed by atoms with E-state index in [0.717, 1.165) is 11.6 Å². The van der Waals surface area contributed by atoms with Crippen molar-refractivity contribution in [3.8, 4) is 5.75 Å². The van der Waals surface area contributed by atoms with Crippen LogP contribution in [0.4, 0.5) is 17.3 Å². The van der Waals surface area contributed by atoms with Crippen LogP contribution >= 0.6 is 0 Å². The van der Waals surface area contributed by atoms with Crippen molar-refractivity contribution in [2.45, 2.75) is 6.42 Å². The van der Waals surface area contributed by atoms with Gasteiger partial charge in [-0.05, 0) is 23.8 Å². The van der Waals surface area contributed by atoms with E-state index in [1.54, 1.807) is 18.5 Å². The minimum Gasteiger partial charge on any atom is -0.490 e. The van der Waals surface area contributed by atoms with Crippen LogP contribution in [-0.2, 0) is 6.42 Å². The molecule has 0 amide bonds. The van der Waals surface area contributed by atoms with E-state index >= 15 is 0 Å². The molecule has 2 rings (SSSR count). The Balaban J connectivity index is 2.02. The van der Waals surface area contributed by atoms with Gasteiger partial charge in [-0.25, -0.2) is 4.39 Å². The summed E-state index contributed by atoms with van der Waals surface area (Å²) in [7, 11) is 0. The highest BCUT2D eigenvalue weighted by atomic mass is 19.4. The lowest BCUT2D eigenvalue weighted by atomic mass is 9.80. The number of pyridine rings is 1. The molecule has 1 heterocycles. The maximum Gasteiger partial charge on any atom is 0.509 e. The fourth-order valence-corrected chi connectivity index (χ4v) is 1.66. The van der Waals surface area contributed by atoms with E-state index in [-0.39, 0.29) is 12.4 Å². The maximum absolute atomic E-state index is 13.4. The van der Waals surface area contributed by atoms with E-state index in [0.29, 0.717) is 18.6 Å². The summed E-state index contributed by atoms with van der Waals surface area (Å²) in [6.07, 6.45) is 3.67. The summed E-state index contributed by atoms with van der Waals surface area (Å²) < 4.78 is 56.2. The first kappa shape index (κ1) is 14.4. The molecule has 7 heteroatoms. The van der Waals surface area contributed by atoms with Gasteiger partial charge in [0, 0.05) is 18.8 Å². The third kappa shape index (κ3) is 3.72. The number of hydrogen-bond acceptors (Lipinski definition) is 2. The minimum absolute atomic E-state index is 0.0803. The van der Waals surface area contributed by atoms with Crippen molar-refractivity contribution in [3.05, 3.63) is 54.1 Å². The Morgan fingerprint density at radius 2 is 1.95 bits per heavy atom. The van der Waals surface area contributed by atoms with Gasteiger partial charge >= 0.3 is 6.98 Å². The van der Waals surface area contributed by atoms with Gasteiger partial charge in [0.05, 0.1) is 6.61 Å². The molecule has 0 aliphatic heterocycles. The zero-order valence-corrected chi connectivity index (χ0v) is 10.4. The van der Waals surface area contributed by atoms with E-state index < -0.39 is 18.3 Å². The van der Waals surface area contributed by atoms with Gasteiger partial charge in [-0.1, -0.05) is 12.1 Å². The molecule has 0 fully saturated rings. The van der Waals surface area contributed by atoms with Crippen molar-refractivity contribution in [2.24, 2.45) is 0 Å². The smallest absolute Gasteiger partial charge is 0.490 e. The fourth-order valence-electron chi connectivity index (χ4n) is 1.66. The molecule has 106 valence electrons. The second-order valence-electron chi connectivity index (χ2n) is 4.22. The topological polar surface area (TPSA) is 22.1 Å². The zero-order valence-electron chi connectivity index (χ0n) is 10.4. The summed E-state index contributed by atoms with van der Waals surface area (Å²) in [5, 5.41) is 0. The molecule has 0 bridgehead atoms. The van der Waals surface area contributed by atoms with E-state index in [1.165, 1.54) is 0 Å². The van der Waals surface area contributed by atoms with Crippen LogP contribution in [0.25, 0.3) is 0 Å². The molecule has 1 aromatic carbocycles. The van der Waals surface area contributed by atoms with Gasteiger partial charge in [0.25, 0.3) is 0 Å². The summed E-state index contributed by atoms with van der Waals surface area (Å²) in [6.45, 7) is -5.08. The summed E-state index contributed by atoms with van der Waals surface area (Å²) in [5.41, 5.74) is -0.00752. The Bertz CT molecular complexity index is 574. The van der Waals surface area contributed by atoms with Crippen LogP contribution in [0.2, 0.25) is 0 Å². The lowest BCUT2D eigenvalue weighted by Crippen LogP contribution is -2.34. The predicted octanol–water partition coefficient (Wildman–Crippen LogP) is 2.90. The van der Waals surface area contributed by atoms with Crippen LogP contribution in [-0.4, -0.2) is 18.6 Å². The molecule has 0 N–H and O–H groups in total. The molecule has 20 heavy (non-hydrogen) atoms. The fraction of sp³-hybridized carbons (Fsp3) is 0.154. The predicted molar refractivity (Wildman–Crippen MR) is 68.5 cm³/mol. The zero-order chi connectivity index (χ0) is 14.6. The molecule has 0 aliphatic carbocycles. The van der Waals surface area contributed by atoms with Gasteiger partial charge < -0.3 is 17.7 Å². The summed E-state index contributed by atoms with van der Waals surface area (Å²) >= 11 is 0. The first-order chi connectivity index (χ1) is 9.47. The molecule has 0 aliphatic rings. The molecular formula is C13H11BF4NO-. The van der Waals surface area contributed by atoms with E-state index in [9.17, 15) is 17.3 Å². The molecule has 1 aromatic heterocycles. The number of halogens is 4. The van der Waals surface area contributed by atoms with Crippen molar-refractivity contribution >= 4 is 12.4 Å². The van der Waals surface area contributed by atoms with Crippen molar-refractivity contribution < 1.29 is 22.1 Å². The highest BCUT2D eigenvalue weighted by molar-refractivity contribution is 6.73. The van der Waals surface area contributed by atoms with E-state index in [2.05, 4.69) is 4.98 Å². The monoisotopic (exact) mass is 284 g/mol. The normalized spacial score (nSPS) is 11.4. The van der Waals surface area contributed by atoms with Crippen LogP contribution < -0.4 is 10.2 Å². The van der Waals surface area contributed by atoms with Crippen LogP contribution in [0.3, 0.4) is 0 Å². The van der Waals surface area contributed by atoms with Crippen LogP contribution in [0.15, 0.2) is 42.7 Å². The molecule has 2 nitrogen and oxygen atoms in total. The molecule has 0 radical (unpaired) electrons. The Morgan fingerprint density at radius 1 is 1.15 bits per heavy atom. The van der Waals surface area contributed by atoms with Crippen LogP contribution in [0, 0.1) is 5.82 Å². The molecule has 0 atom stereocenters. The second-order valence-corrected chi connectivity index (χ2v) is 4.22. The number of ether oxygens (including phenoxy) is 1. The van der Waals surface area contributed by atoms with Gasteiger partial charge in [-0.15, -0.1) is 5.46 Å². The van der Waals surface area contributed by atoms with Crippen molar-refractivity contribution in [1.82, 2.24) is 4.98 Å². The molecule has 2 aromatic rings. The lowest BCUT2D eigenvalue weighted by Gasteiger charge is -2.16. The molecular weight excluding hydrogens is 273 g/mol. The van der Waals surface area contributed by atoms with E-state index in [1.807, 2.05) is 6.07 Å². The third-order valence-corrected chi connectivity index (χ3v) is 2.70. The molecule has 0 saturated carbocycles. The SMILES string of the molecule is Fc1ccc([B-](F)(F)F)cc1OCCc1cccnc1. The molecule has 0 unspecified atom stereocenters. The quantitative estimate of drug-likeness (QED) is 0.622. The Morgan fingerprint density at radius 3 is 2.60 bits per heavy atom. The van der Waals surface area contributed by atoms with Crippen LogP contribution in [0.5, 0.6) is 5.75 Å². The second kappa shape index (κ2) is 5.94. The number of benzene rings is 1.